The summed E-state index contributed by atoms with van der Waals surface area (Å²) in [6.45, 7) is 2.11. The minimum absolute atomic E-state index is 0.298. The predicted molar refractivity (Wildman–Crippen MR) is 78.6 cm³/mol. The van der Waals surface area contributed by atoms with Gasteiger partial charge in [-0.1, -0.05) is 34.1 Å². The Morgan fingerprint density at radius 2 is 1.94 bits per heavy atom. The average Bonchev–Trinajstić information content (AvgIpc) is 2.39. The van der Waals surface area contributed by atoms with Gasteiger partial charge >= 0.3 is 0 Å². The Morgan fingerprint density at radius 3 is 2.56 bits per heavy atom. The summed E-state index contributed by atoms with van der Waals surface area (Å²) in [7, 11) is 1.99. The third kappa shape index (κ3) is 3.18. The number of rotatable bonds is 4. The highest BCUT2D eigenvalue weighted by molar-refractivity contribution is 9.10. The summed E-state index contributed by atoms with van der Waals surface area (Å²) < 4.78 is 1.11. The van der Waals surface area contributed by atoms with Gasteiger partial charge in [-0.05, 0) is 43.3 Å². The fourth-order valence-corrected chi connectivity index (χ4v) is 2.27. The van der Waals surface area contributed by atoms with Gasteiger partial charge in [-0.25, -0.2) is 0 Å². The summed E-state index contributed by atoms with van der Waals surface area (Å²) in [6.07, 6.45) is 2.77. The summed E-state index contributed by atoms with van der Waals surface area (Å²) in [5.41, 5.74) is 3.68. The highest BCUT2D eigenvalue weighted by Gasteiger charge is 2.11. The topological polar surface area (TPSA) is 24.9 Å². The lowest BCUT2D eigenvalue weighted by Crippen LogP contribution is -2.19. The van der Waals surface area contributed by atoms with Crippen LogP contribution in [0.25, 0.3) is 0 Å². The lowest BCUT2D eigenvalue weighted by molar-refractivity contribution is 0.582. The van der Waals surface area contributed by atoms with E-state index < -0.39 is 0 Å². The Bertz CT molecular complexity index is 508. The molecule has 18 heavy (non-hydrogen) atoms. The van der Waals surface area contributed by atoms with Crippen molar-refractivity contribution in [2.24, 2.45) is 0 Å². The largest absolute Gasteiger partial charge is 0.313 e. The van der Waals surface area contributed by atoms with Gasteiger partial charge in [-0.2, -0.15) is 0 Å². The van der Waals surface area contributed by atoms with Crippen LogP contribution < -0.4 is 5.32 Å². The first kappa shape index (κ1) is 13.2. The molecule has 0 radical (unpaired) electrons. The molecular weight excluding hydrogens is 288 g/mol. The summed E-state index contributed by atoms with van der Waals surface area (Å²) >= 11 is 3.46. The molecular formula is C15H17BrN2. The molecule has 2 rings (SSSR count). The molecule has 1 heterocycles. The second-order valence-corrected chi connectivity index (χ2v) is 5.28. The molecule has 1 unspecified atom stereocenters. The predicted octanol–water partition coefficient (Wildman–Crippen LogP) is 3.66. The van der Waals surface area contributed by atoms with Crippen molar-refractivity contribution < 1.29 is 0 Å². The van der Waals surface area contributed by atoms with E-state index >= 15 is 0 Å². The van der Waals surface area contributed by atoms with Crippen LogP contribution in [0.15, 0.2) is 47.1 Å². The van der Waals surface area contributed by atoms with Crippen LogP contribution in [0.2, 0.25) is 0 Å². The molecule has 0 amide bonds. The highest BCUT2D eigenvalue weighted by atomic mass is 79.9. The van der Waals surface area contributed by atoms with Gasteiger partial charge in [0.2, 0.25) is 0 Å². The standard InChI is InChI=1S/C15H17BrN2/c1-11-4-3-9-18-14(11)10-15(17-2)12-5-7-13(16)8-6-12/h3-9,15,17H,10H2,1-2H3. The number of pyridine rings is 1. The fraction of sp³-hybridized carbons (Fsp3) is 0.267. The summed E-state index contributed by atoms with van der Waals surface area (Å²) in [5, 5.41) is 3.36. The van der Waals surface area contributed by atoms with E-state index in [9.17, 15) is 0 Å². The molecule has 1 atom stereocenters. The van der Waals surface area contributed by atoms with E-state index in [1.165, 1.54) is 11.1 Å². The van der Waals surface area contributed by atoms with Crippen molar-refractivity contribution in [3.8, 4) is 0 Å². The number of benzene rings is 1. The van der Waals surface area contributed by atoms with Crippen molar-refractivity contribution in [3.63, 3.8) is 0 Å². The lowest BCUT2D eigenvalue weighted by Gasteiger charge is -2.17. The summed E-state index contributed by atoms with van der Waals surface area (Å²) in [4.78, 5) is 4.46. The lowest BCUT2D eigenvalue weighted by atomic mass is 10.00. The van der Waals surface area contributed by atoms with E-state index in [-0.39, 0.29) is 0 Å². The zero-order valence-electron chi connectivity index (χ0n) is 10.7. The minimum Gasteiger partial charge on any atom is -0.313 e. The Labute approximate surface area is 117 Å². The molecule has 0 saturated heterocycles. The molecule has 0 spiro atoms. The van der Waals surface area contributed by atoms with Gasteiger partial charge in [0.15, 0.2) is 0 Å². The van der Waals surface area contributed by atoms with Crippen LogP contribution in [-0.2, 0) is 6.42 Å². The molecule has 0 aliphatic heterocycles. The Hall–Kier alpha value is -1.19. The molecule has 94 valence electrons. The van der Waals surface area contributed by atoms with Gasteiger partial charge in [0, 0.05) is 28.8 Å². The first-order valence-electron chi connectivity index (χ1n) is 6.04. The number of halogens is 1. The number of hydrogen-bond acceptors (Lipinski definition) is 2. The Kier molecular flexibility index (Phi) is 4.50. The molecule has 0 fully saturated rings. The molecule has 0 saturated carbocycles. The van der Waals surface area contributed by atoms with Crippen molar-refractivity contribution in [1.29, 1.82) is 0 Å². The maximum atomic E-state index is 4.46. The SMILES string of the molecule is CNC(Cc1ncccc1C)c1ccc(Br)cc1. The van der Waals surface area contributed by atoms with E-state index in [2.05, 4.69) is 63.5 Å². The number of aromatic nitrogens is 1. The second kappa shape index (κ2) is 6.12. The quantitative estimate of drug-likeness (QED) is 0.932. The average molecular weight is 305 g/mol. The summed E-state index contributed by atoms with van der Waals surface area (Å²) in [5.74, 6) is 0. The van der Waals surface area contributed by atoms with E-state index in [4.69, 9.17) is 0 Å². The van der Waals surface area contributed by atoms with Crippen molar-refractivity contribution >= 4 is 15.9 Å². The zero-order chi connectivity index (χ0) is 13.0. The molecule has 0 aliphatic carbocycles. The molecule has 0 aliphatic rings. The van der Waals surface area contributed by atoms with Gasteiger partial charge < -0.3 is 5.32 Å². The van der Waals surface area contributed by atoms with Gasteiger partial charge in [0.05, 0.1) is 0 Å². The van der Waals surface area contributed by atoms with Crippen LogP contribution in [0.4, 0.5) is 0 Å². The molecule has 0 bridgehead atoms. The molecule has 2 aromatic rings. The van der Waals surface area contributed by atoms with Gasteiger partial charge in [0.1, 0.15) is 0 Å². The second-order valence-electron chi connectivity index (χ2n) is 4.36. The molecule has 2 nitrogen and oxygen atoms in total. The third-order valence-corrected chi connectivity index (χ3v) is 3.66. The van der Waals surface area contributed by atoms with Crippen LogP contribution in [0.1, 0.15) is 22.9 Å². The number of aryl methyl sites for hydroxylation is 1. The highest BCUT2D eigenvalue weighted by Crippen LogP contribution is 2.20. The number of likely N-dealkylation sites (N-methyl/N-ethyl adjacent to an activating group) is 1. The maximum Gasteiger partial charge on any atom is 0.0451 e. The van der Waals surface area contributed by atoms with Crippen molar-refractivity contribution in [3.05, 3.63) is 63.9 Å². The van der Waals surface area contributed by atoms with Crippen molar-refractivity contribution in [2.75, 3.05) is 7.05 Å². The Balaban J connectivity index is 2.20. The monoisotopic (exact) mass is 304 g/mol. The van der Waals surface area contributed by atoms with Crippen LogP contribution in [0.3, 0.4) is 0 Å². The van der Waals surface area contributed by atoms with Crippen LogP contribution >= 0.6 is 15.9 Å². The molecule has 1 aromatic carbocycles. The maximum absolute atomic E-state index is 4.46. The number of nitrogens with zero attached hydrogens (tertiary/aromatic N) is 1. The van der Waals surface area contributed by atoms with Gasteiger partial charge in [-0.3, -0.25) is 4.98 Å². The van der Waals surface area contributed by atoms with E-state index in [1.807, 2.05) is 19.3 Å². The Morgan fingerprint density at radius 1 is 1.22 bits per heavy atom. The molecule has 3 heteroatoms. The normalized spacial score (nSPS) is 12.4. The van der Waals surface area contributed by atoms with Crippen LogP contribution in [-0.4, -0.2) is 12.0 Å². The molecule has 1 N–H and O–H groups in total. The van der Waals surface area contributed by atoms with Crippen molar-refractivity contribution in [1.82, 2.24) is 10.3 Å². The smallest absolute Gasteiger partial charge is 0.0451 e. The zero-order valence-corrected chi connectivity index (χ0v) is 12.2. The van der Waals surface area contributed by atoms with Gasteiger partial charge in [-0.15, -0.1) is 0 Å². The first-order valence-corrected chi connectivity index (χ1v) is 6.83. The number of nitrogens with one attached hydrogen (secondary N) is 1. The van der Waals surface area contributed by atoms with E-state index in [1.54, 1.807) is 0 Å². The van der Waals surface area contributed by atoms with Crippen molar-refractivity contribution in [2.45, 2.75) is 19.4 Å². The first-order chi connectivity index (χ1) is 8.70. The van der Waals surface area contributed by atoms with E-state index in [0.717, 1.165) is 16.6 Å². The summed E-state index contributed by atoms with van der Waals surface area (Å²) in [6, 6.07) is 12.8. The molecule has 1 aromatic heterocycles. The van der Waals surface area contributed by atoms with Crippen LogP contribution in [0, 0.1) is 6.92 Å². The van der Waals surface area contributed by atoms with Crippen LogP contribution in [0.5, 0.6) is 0 Å². The fourth-order valence-electron chi connectivity index (χ4n) is 2.01. The van der Waals surface area contributed by atoms with E-state index in [0.29, 0.717) is 6.04 Å². The van der Waals surface area contributed by atoms with Gasteiger partial charge in [0.25, 0.3) is 0 Å². The third-order valence-electron chi connectivity index (χ3n) is 3.14. The number of hydrogen-bond donors (Lipinski definition) is 1. The minimum atomic E-state index is 0.298.